The molecule has 1 unspecified atom stereocenters. The van der Waals surface area contributed by atoms with Crippen molar-refractivity contribution in [3.05, 3.63) is 35.8 Å². The van der Waals surface area contributed by atoms with Crippen LogP contribution in [-0.2, 0) is 0 Å². The molecule has 1 N–H and O–H groups in total. The molecule has 0 spiro atoms. The molecule has 0 fully saturated rings. The molecule has 1 aromatic carbocycles. The van der Waals surface area contributed by atoms with Crippen LogP contribution in [0.1, 0.15) is 18.6 Å². The van der Waals surface area contributed by atoms with Crippen LogP contribution in [0.4, 0.5) is 4.39 Å². The van der Waals surface area contributed by atoms with E-state index in [9.17, 15) is 9.50 Å². The first-order valence-corrected chi connectivity index (χ1v) is 4.04. The Balaban J connectivity index is 2.75. The van der Waals surface area contributed by atoms with Crippen LogP contribution in [0.25, 0.3) is 11.0 Å². The standard InChI is InChI=1S/C10H9FO2/c1-6(12)8-5-13-10-7(8)3-2-4-9(10)11/h2-6,12H,1H3. The van der Waals surface area contributed by atoms with Crippen molar-refractivity contribution in [3.8, 4) is 0 Å². The summed E-state index contributed by atoms with van der Waals surface area (Å²) in [6.45, 7) is 1.62. The van der Waals surface area contributed by atoms with E-state index in [1.54, 1.807) is 19.1 Å². The van der Waals surface area contributed by atoms with Crippen molar-refractivity contribution >= 4 is 11.0 Å². The molecule has 1 aromatic heterocycles. The molecule has 1 heterocycles. The number of benzene rings is 1. The van der Waals surface area contributed by atoms with E-state index in [1.165, 1.54) is 12.3 Å². The molecule has 2 rings (SSSR count). The van der Waals surface area contributed by atoms with Gasteiger partial charge in [-0.1, -0.05) is 12.1 Å². The average Bonchev–Trinajstić information content (AvgIpc) is 2.48. The van der Waals surface area contributed by atoms with Gasteiger partial charge in [-0.3, -0.25) is 0 Å². The molecule has 0 bridgehead atoms. The van der Waals surface area contributed by atoms with E-state index in [0.29, 0.717) is 10.9 Å². The second-order valence-electron chi connectivity index (χ2n) is 2.98. The predicted octanol–water partition coefficient (Wildman–Crippen LogP) is 2.63. The van der Waals surface area contributed by atoms with Gasteiger partial charge in [-0.25, -0.2) is 4.39 Å². The van der Waals surface area contributed by atoms with Gasteiger partial charge in [0.05, 0.1) is 12.4 Å². The normalized spacial score (nSPS) is 13.5. The van der Waals surface area contributed by atoms with E-state index in [1.807, 2.05) is 0 Å². The van der Waals surface area contributed by atoms with Crippen molar-refractivity contribution in [3.63, 3.8) is 0 Å². The van der Waals surface area contributed by atoms with Crippen molar-refractivity contribution in [1.82, 2.24) is 0 Å². The highest BCUT2D eigenvalue weighted by molar-refractivity contribution is 5.81. The zero-order valence-electron chi connectivity index (χ0n) is 7.12. The molecule has 2 nitrogen and oxygen atoms in total. The number of hydrogen-bond donors (Lipinski definition) is 1. The first kappa shape index (κ1) is 8.26. The molecule has 68 valence electrons. The zero-order valence-corrected chi connectivity index (χ0v) is 7.12. The van der Waals surface area contributed by atoms with Crippen molar-refractivity contribution in [2.24, 2.45) is 0 Å². The molecule has 0 aliphatic carbocycles. The number of halogens is 1. The third kappa shape index (κ3) is 1.21. The molecule has 0 aliphatic heterocycles. The number of aliphatic hydroxyl groups is 1. The van der Waals surface area contributed by atoms with Gasteiger partial charge in [0, 0.05) is 10.9 Å². The van der Waals surface area contributed by atoms with Crippen LogP contribution in [0.15, 0.2) is 28.9 Å². The van der Waals surface area contributed by atoms with Gasteiger partial charge < -0.3 is 9.52 Å². The number of rotatable bonds is 1. The van der Waals surface area contributed by atoms with E-state index < -0.39 is 11.9 Å². The fourth-order valence-electron chi connectivity index (χ4n) is 1.37. The Morgan fingerprint density at radius 1 is 1.46 bits per heavy atom. The maximum atomic E-state index is 13.1. The van der Waals surface area contributed by atoms with Crippen molar-refractivity contribution in [1.29, 1.82) is 0 Å². The highest BCUT2D eigenvalue weighted by Crippen LogP contribution is 2.27. The third-order valence-corrected chi connectivity index (χ3v) is 2.03. The van der Waals surface area contributed by atoms with E-state index >= 15 is 0 Å². The van der Waals surface area contributed by atoms with Gasteiger partial charge >= 0.3 is 0 Å². The molecule has 1 atom stereocenters. The second-order valence-corrected chi connectivity index (χ2v) is 2.98. The summed E-state index contributed by atoms with van der Waals surface area (Å²) >= 11 is 0. The molecule has 0 amide bonds. The Kier molecular flexibility index (Phi) is 1.81. The summed E-state index contributed by atoms with van der Waals surface area (Å²) < 4.78 is 18.1. The van der Waals surface area contributed by atoms with Crippen LogP contribution in [0.3, 0.4) is 0 Å². The van der Waals surface area contributed by atoms with Gasteiger partial charge in [-0.2, -0.15) is 0 Å². The lowest BCUT2D eigenvalue weighted by Gasteiger charge is -1.99. The monoisotopic (exact) mass is 180 g/mol. The summed E-state index contributed by atoms with van der Waals surface area (Å²) in [5.41, 5.74) is 0.827. The molecule has 0 saturated heterocycles. The van der Waals surface area contributed by atoms with E-state index in [4.69, 9.17) is 4.42 Å². The van der Waals surface area contributed by atoms with Crippen LogP contribution >= 0.6 is 0 Å². The molecule has 3 heteroatoms. The van der Waals surface area contributed by atoms with E-state index in [2.05, 4.69) is 0 Å². The Morgan fingerprint density at radius 3 is 2.92 bits per heavy atom. The molecule has 0 saturated carbocycles. The summed E-state index contributed by atoms with van der Waals surface area (Å²) in [6.07, 6.45) is 0.751. The van der Waals surface area contributed by atoms with Gasteiger partial charge in [-0.05, 0) is 13.0 Å². The SMILES string of the molecule is CC(O)c1coc2c(F)cccc12. The topological polar surface area (TPSA) is 33.4 Å². The van der Waals surface area contributed by atoms with Gasteiger partial charge in [0.2, 0.25) is 0 Å². The molecule has 0 radical (unpaired) electrons. The van der Waals surface area contributed by atoms with Crippen LogP contribution in [-0.4, -0.2) is 5.11 Å². The number of fused-ring (bicyclic) bond motifs is 1. The highest BCUT2D eigenvalue weighted by atomic mass is 19.1. The molecule has 0 aliphatic rings. The maximum absolute atomic E-state index is 13.1. The lowest BCUT2D eigenvalue weighted by molar-refractivity contribution is 0.199. The van der Waals surface area contributed by atoms with Gasteiger partial charge in [-0.15, -0.1) is 0 Å². The summed E-state index contributed by atoms with van der Waals surface area (Å²) in [7, 11) is 0. The van der Waals surface area contributed by atoms with Crippen molar-refractivity contribution in [2.45, 2.75) is 13.0 Å². The highest BCUT2D eigenvalue weighted by Gasteiger charge is 2.12. The zero-order chi connectivity index (χ0) is 9.42. The largest absolute Gasteiger partial charge is 0.461 e. The number of para-hydroxylation sites is 1. The van der Waals surface area contributed by atoms with E-state index in [-0.39, 0.29) is 5.58 Å². The summed E-state index contributed by atoms with van der Waals surface area (Å²) in [5.74, 6) is -0.399. The third-order valence-electron chi connectivity index (χ3n) is 2.03. The fraction of sp³-hybridized carbons (Fsp3) is 0.200. The lowest BCUT2D eigenvalue weighted by atomic mass is 10.1. The minimum Gasteiger partial charge on any atom is -0.461 e. The van der Waals surface area contributed by atoms with Gasteiger partial charge in [0.1, 0.15) is 0 Å². The number of aliphatic hydroxyl groups excluding tert-OH is 1. The Hall–Kier alpha value is -1.35. The second kappa shape index (κ2) is 2.85. The fourth-order valence-corrected chi connectivity index (χ4v) is 1.37. The summed E-state index contributed by atoms with van der Waals surface area (Å²) in [5, 5.41) is 9.95. The minimum atomic E-state index is -0.636. The number of hydrogen-bond acceptors (Lipinski definition) is 2. The molecular weight excluding hydrogens is 171 g/mol. The average molecular weight is 180 g/mol. The molecule has 13 heavy (non-hydrogen) atoms. The maximum Gasteiger partial charge on any atom is 0.169 e. The molecular formula is C10H9FO2. The first-order chi connectivity index (χ1) is 6.20. The molecule has 2 aromatic rings. The lowest BCUT2D eigenvalue weighted by Crippen LogP contribution is -1.87. The Labute approximate surface area is 74.6 Å². The van der Waals surface area contributed by atoms with Crippen molar-refractivity contribution < 1.29 is 13.9 Å². The van der Waals surface area contributed by atoms with Gasteiger partial charge in [0.25, 0.3) is 0 Å². The summed E-state index contributed by atoms with van der Waals surface area (Å²) in [4.78, 5) is 0. The van der Waals surface area contributed by atoms with Crippen LogP contribution < -0.4 is 0 Å². The van der Waals surface area contributed by atoms with Crippen LogP contribution in [0, 0.1) is 5.82 Å². The quantitative estimate of drug-likeness (QED) is 0.731. The Bertz CT molecular complexity index is 431. The van der Waals surface area contributed by atoms with Gasteiger partial charge in [0.15, 0.2) is 11.4 Å². The Morgan fingerprint density at radius 2 is 2.23 bits per heavy atom. The summed E-state index contributed by atoms with van der Waals surface area (Å²) in [6, 6.07) is 4.65. The minimum absolute atomic E-state index is 0.207. The smallest absolute Gasteiger partial charge is 0.169 e. The number of furan rings is 1. The van der Waals surface area contributed by atoms with Crippen LogP contribution in [0.2, 0.25) is 0 Å². The van der Waals surface area contributed by atoms with E-state index in [0.717, 1.165) is 0 Å². The van der Waals surface area contributed by atoms with Crippen molar-refractivity contribution in [2.75, 3.05) is 0 Å². The first-order valence-electron chi connectivity index (χ1n) is 4.04. The predicted molar refractivity (Wildman–Crippen MR) is 46.8 cm³/mol. The van der Waals surface area contributed by atoms with Crippen LogP contribution in [0.5, 0.6) is 0 Å².